The number of anilines is 1. The average Bonchev–Trinajstić information content (AvgIpc) is 2.86. The first-order valence-electron chi connectivity index (χ1n) is 11.9. The van der Waals surface area contributed by atoms with Crippen molar-refractivity contribution >= 4 is 51.1 Å². The van der Waals surface area contributed by atoms with Crippen LogP contribution in [0.1, 0.15) is 23.1 Å². The summed E-state index contributed by atoms with van der Waals surface area (Å²) in [4.78, 5) is 14.2. The molecule has 2 unspecified atom stereocenters. The summed E-state index contributed by atoms with van der Waals surface area (Å²) in [5.74, 6) is 0.845. The lowest BCUT2D eigenvalue weighted by atomic mass is 9.94. The van der Waals surface area contributed by atoms with E-state index in [9.17, 15) is 4.79 Å². The summed E-state index contributed by atoms with van der Waals surface area (Å²) >= 11 is 16.0. The molecule has 0 aromatic heterocycles. The van der Waals surface area contributed by atoms with Gasteiger partial charge in [0.1, 0.15) is 25.2 Å². The van der Waals surface area contributed by atoms with Crippen LogP contribution in [-0.4, -0.2) is 32.2 Å². The number of hydrogen-bond acceptors (Lipinski definition) is 5. The molecule has 3 aromatic rings. The van der Waals surface area contributed by atoms with Gasteiger partial charge in [-0.1, -0.05) is 51.3 Å². The second kappa shape index (κ2) is 12.3. The number of ether oxygens (including phenoxy) is 2. The van der Waals surface area contributed by atoms with Gasteiger partial charge in [-0.05, 0) is 85.3 Å². The summed E-state index contributed by atoms with van der Waals surface area (Å²) in [5.41, 5.74) is 11.0. The van der Waals surface area contributed by atoms with Crippen molar-refractivity contribution in [3.63, 3.8) is 0 Å². The molecule has 0 aliphatic carbocycles. The van der Waals surface area contributed by atoms with Gasteiger partial charge in [0.05, 0.1) is 22.1 Å². The molecule has 0 spiro atoms. The van der Waals surface area contributed by atoms with E-state index < -0.39 is 6.17 Å². The van der Waals surface area contributed by atoms with E-state index in [4.69, 9.17) is 38.4 Å². The number of aldehydes is 1. The maximum absolute atomic E-state index is 12.0. The van der Waals surface area contributed by atoms with Gasteiger partial charge in [-0.3, -0.25) is 0 Å². The topological polar surface area (TPSA) is 64.8 Å². The van der Waals surface area contributed by atoms with Crippen molar-refractivity contribution < 1.29 is 14.3 Å². The molecule has 0 radical (unpaired) electrons. The molecule has 1 aliphatic rings. The molecular formula is C28H29BrCl2N2O3. The highest BCUT2D eigenvalue weighted by molar-refractivity contribution is 9.10. The molecule has 0 saturated carbocycles. The molecule has 0 bridgehead atoms. The molecule has 190 valence electrons. The molecule has 0 fully saturated rings. The third-order valence-corrected chi connectivity index (χ3v) is 7.36. The fourth-order valence-electron chi connectivity index (χ4n) is 4.51. The SMILES string of the molecule is Cc1cc(Cl)c(OCCOc2ccc(CC(C=O)C(N)N3CCCc4cc(Br)ccc43)cc2)c(Cl)c1. The van der Waals surface area contributed by atoms with Crippen molar-refractivity contribution in [2.24, 2.45) is 11.7 Å². The number of rotatable bonds is 10. The zero-order valence-corrected chi connectivity index (χ0v) is 23.2. The highest BCUT2D eigenvalue weighted by Crippen LogP contribution is 2.34. The van der Waals surface area contributed by atoms with Crippen molar-refractivity contribution in [3.05, 3.63) is 85.8 Å². The third-order valence-electron chi connectivity index (χ3n) is 6.31. The monoisotopic (exact) mass is 590 g/mol. The Balaban J connectivity index is 1.31. The van der Waals surface area contributed by atoms with E-state index in [1.165, 1.54) is 5.56 Å². The van der Waals surface area contributed by atoms with E-state index in [-0.39, 0.29) is 5.92 Å². The zero-order valence-electron chi connectivity index (χ0n) is 20.1. The van der Waals surface area contributed by atoms with E-state index >= 15 is 0 Å². The van der Waals surface area contributed by atoms with Gasteiger partial charge in [0, 0.05) is 16.7 Å². The molecule has 8 heteroatoms. The molecule has 0 saturated heterocycles. The molecule has 0 amide bonds. The number of aryl methyl sites for hydroxylation is 2. The first kappa shape index (κ1) is 26.8. The van der Waals surface area contributed by atoms with Gasteiger partial charge < -0.3 is 24.9 Å². The van der Waals surface area contributed by atoms with Crippen LogP contribution in [0.5, 0.6) is 11.5 Å². The van der Waals surface area contributed by atoms with E-state index in [1.807, 2.05) is 49.4 Å². The number of nitrogens with two attached hydrogens (primary N) is 1. The lowest BCUT2D eigenvalue weighted by Crippen LogP contribution is -2.50. The van der Waals surface area contributed by atoms with Gasteiger partial charge in [-0.15, -0.1) is 0 Å². The maximum atomic E-state index is 12.0. The standard InChI is InChI=1S/C28H29BrCl2N2O3/c1-18-13-24(30)27(25(31)14-18)36-12-11-35-23-7-4-19(5-8-23)15-21(17-34)28(32)33-10-2-3-20-16-22(29)6-9-26(20)33/h4-9,13-14,16-17,21,28H,2-3,10-12,15,32H2,1H3. The fourth-order valence-corrected chi connectivity index (χ4v) is 5.62. The first-order valence-corrected chi connectivity index (χ1v) is 13.5. The molecule has 1 aliphatic heterocycles. The first-order chi connectivity index (χ1) is 17.4. The predicted molar refractivity (Wildman–Crippen MR) is 150 cm³/mol. The van der Waals surface area contributed by atoms with Crippen LogP contribution in [-0.2, 0) is 17.6 Å². The minimum Gasteiger partial charge on any atom is -0.490 e. The number of carbonyl (C=O) groups excluding carboxylic acids is 1. The Morgan fingerprint density at radius 2 is 1.75 bits per heavy atom. The smallest absolute Gasteiger partial charge is 0.156 e. The lowest BCUT2D eigenvalue weighted by molar-refractivity contribution is -0.111. The second-order valence-corrected chi connectivity index (χ2v) is 10.7. The summed E-state index contributed by atoms with van der Waals surface area (Å²) in [6.07, 6.45) is 3.17. The van der Waals surface area contributed by atoms with Crippen LogP contribution in [0.3, 0.4) is 0 Å². The Morgan fingerprint density at radius 1 is 1.06 bits per heavy atom. The lowest BCUT2D eigenvalue weighted by Gasteiger charge is -2.38. The summed E-state index contributed by atoms with van der Waals surface area (Å²) in [5, 5.41) is 0.960. The minimum atomic E-state index is -0.392. The van der Waals surface area contributed by atoms with Crippen molar-refractivity contribution in [2.75, 3.05) is 24.7 Å². The molecule has 2 atom stereocenters. The van der Waals surface area contributed by atoms with Gasteiger partial charge in [0.15, 0.2) is 5.75 Å². The Labute approximate surface area is 230 Å². The number of benzene rings is 3. The Bertz CT molecular complexity index is 1180. The van der Waals surface area contributed by atoms with Crippen LogP contribution in [0, 0.1) is 12.8 Å². The van der Waals surface area contributed by atoms with Crippen molar-refractivity contribution in [3.8, 4) is 11.5 Å². The van der Waals surface area contributed by atoms with E-state index in [1.54, 1.807) is 0 Å². The molecule has 2 N–H and O–H groups in total. The summed E-state index contributed by atoms with van der Waals surface area (Å²) < 4.78 is 12.5. The summed E-state index contributed by atoms with van der Waals surface area (Å²) in [6.45, 7) is 3.41. The number of halogens is 3. The fraction of sp³-hybridized carbons (Fsp3) is 0.321. The normalized spacial score (nSPS) is 14.6. The third kappa shape index (κ3) is 6.54. The Hall–Kier alpha value is -2.25. The van der Waals surface area contributed by atoms with E-state index in [2.05, 4.69) is 33.0 Å². The molecule has 5 nitrogen and oxygen atoms in total. The largest absolute Gasteiger partial charge is 0.490 e. The summed E-state index contributed by atoms with van der Waals surface area (Å²) in [6, 6.07) is 17.6. The van der Waals surface area contributed by atoms with Crippen molar-refractivity contribution in [1.29, 1.82) is 0 Å². The summed E-state index contributed by atoms with van der Waals surface area (Å²) in [7, 11) is 0. The molecule has 36 heavy (non-hydrogen) atoms. The maximum Gasteiger partial charge on any atom is 0.156 e. The highest BCUT2D eigenvalue weighted by Gasteiger charge is 2.28. The quantitative estimate of drug-likeness (QED) is 0.212. The zero-order chi connectivity index (χ0) is 25.7. The van der Waals surface area contributed by atoms with Gasteiger partial charge >= 0.3 is 0 Å². The highest BCUT2D eigenvalue weighted by atomic mass is 79.9. The van der Waals surface area contributed by atoms with E-state index in [0.717, 1.165) is 47.0 Å². The average molecular weight is 592 g/mol. The van der Waals surface area contributed by atoms with Crippen molar-refractivity contribution in [1.82, 2.24) is 0 Å². The Kier molecular flexibility index (Phi) is 9.18. The van der Waals surface area contributed by atoms with Crippen LogP contribution in [0.4, 0.5) is 5.69 Å². The predicted octanol–water partition coefficient (Wildman–Crippen LogP) is 6.62. The van der Waals surface area contributed by atoms with Crippen molar-refractivity contribution in [2.45, 2.75) is 32.4 Å². The molecular weight excluding hydrogens is 563 g/mol. The van der Waals surface area contributed by atoms with Crippen LogP contribution in [0.2, 0.25) is 10.0 Å². The minimum absolute atomic E-state index is 0.306. The molecule has 4 rings (SSSR count). The molecule has 3 aromatic carbocycles. The number of carbonyl (C=O) groups is 1. The molecule has 1 heterocycles. The number of nitrogens with zero attached hydrogens (tertiary/aromatic N) is 1. The van der Waals surface area contributed by atoms with Gasteiger partial charge in [-0.2, -0.15) is 0 Å². The van der Waals surface area contributed by atoms with Gasteiger partial charge in [0.2, 0.25) is 0 Å². The van der Waals surface area contributed by atoms with Crippen LogP contribution in [0.25, 0.3) is 0 Å². The van der Waals surface area contributed by atoms with Crippen LogP contribution >= 0.6 is 39.1 Å². The number of fused-ring (bicyclic) bond motifs is 1. The van der Waals surface area contributed by atoms with Crippen LogP contribution < -0.4 is 20.1 Å². The van der Waals surface area contributed by atoms with Gasteiger partial charge in [-0.25, -0.2) is 0 Å². The van der Waals surface area contributed by atoms with E-state index in [0.29, 0.717) is 41.2 Å². The van der Waals surface area contributed by atoms with Gasteiger partial charge in [0.25, 0.3) is 0 Å². The van der Waals surface area contributed by atoms with Crippen LogP contribution in [0.15, 0.2) is 59.1 Å². The second-order valence-electron chi connectivity index (χ2n) is 8.96. The Morgan fingerprint density at radius 3 is 2.44 bits per heavy atom. The number of hydrogen-bond donors (Lipinski definition) is 1.